The highest BCUT2D eigenvalue weighted by Gasteiger charge is 2.11. The zero-order valence-corrected chi connectivity index (χ0v) is 10.5. The van der Waals surface area contributed by atoms with Gasteiger partial charge in [-0.1, -0.05) is 32.0 Å². The van der Waals surface area contributed by atoms with Gasteiger partial charge in [0, 0.05) is 17.3 Å². The smallest absolute Gasteiger partial charge is 0.264 e. The number of nitrogens with zero attached hydrogens (tertiary/aromatic N) is 2. The highest BCUT2D eigenvalue weighted by Crippen LogP contribution is 2.23. The molecular formula is C14H15N3O. The molecule has 0 atom stereocenters. The van der Waals surface area contributed by atoms with E-state index < -0.39 is 0 Å². The quantitative estimate of drug-likeness (QED) is 0.764. The second kappa shape index (κ2) is 4.29. The van der Waals surface area contributed by atoms with Gasteiger partial charge in [-0.3, -0.25) is 0 Å². The number of aromatic amines is 1. The molecule has 0 aliphatic rings. The Morgan fingerprint density at radius 1 is 1.22 bits per heavy atom. The molecule has 0 saturated heterocycles. The van der Waals surface area contributed by atoms with Gasteiger partial charge in [0.1, 0.15) is 5.69 Å². The molecule has 2 heterocycles. The maximum Gasteiger partial charge on any atom is 0.264 e. The van der Waals surface area contributed by atoms with Crippen LogP contribution >= 0.6 is 0 Å². The summed E-state index contributed by atoms with van der Waals surface area (Å²) in [7, 11) is 0. The van der Waals surface area contributed by atoms with Crippen LogP contribution < -0.4 is 0 Å². The van der Waals surface area contributed by atoms with Gasteiger partial charge in [-0.05, 0) is 18.1 Å². The van der Waals surface area contributed by atoms with Crippen LogP contribution in [0.4, 0.5) is 0 Å². The average Bonchev–Trinajstić information content (AvgIpc) is 2.93. The van der Waals surface area contributed by atoms with Gasteiger partial charge in [0.25, 0.3) is 5.89 Å². The molecule has 18 heavy (non-hydrogen) atoms. The molecule has 0 bridgehead atoms. The van der Waals surface area contributed by atoms with Crippen molar-refractivity contribution in [3.05, 3.63) is 36.2 Å². The summed E-state index contributed by atoms with van der Waals surface area (Å²) < 4.78 is 5.66. The van der Waals surface area contributed by atoms with E-state index in [1.54, 1.807) is 0 Å². The number of hydrogen-bond acceptors (Lipinski definition) is 3. The SMILES string of the molecule is CC(C)Cc1nnc(-c2cc3ccccc3[nH]2)o1. The van der Waals surface area contributed by atoms with Gasteiger partial charge in [0.2, 0.25) is 5.89 Å². The minimum absolute atomic E-state index is 0.515. The summed E-state index contributed by atoms with van der Waals surface area (Å²) in [4.78, 5) is 3.28. The Morgan fingerprint density at radius 2 is 2.06 bits per heavy atom. The topological polar surface area (TPSA) is 54.7 Å². The van der Waals surface area contributed by atoms with E-state index >= 15 is 0 Å². The summed E-state index contributed by atoms with van der Waals surface area (Å²) in [6.07, 6.45) is 0.813. The zero-order valence-electron chi connectivity index (χ0n) is 10.5. The van der Waals surface area contributed by atoms with Gasteiger partial charge >= 0.3 is 0 Å². The first-order valence-corrected chi connectivity index (χ1v) is 6.13. The second-order valence-corrected chi connectivity index (χ2v) is 4.87. The Labute approximate surface area is 105 Å². The molecule has 1 aromatic carbocycles. The summed E-state index contributed by atoms with van der Waals surface area (Å²) >= 11 is 0. The van der Waals surface area contributed by atoms with Gasteiger partial charge in [-0.25, -0.2) is 0 Å². The second-order valence-electron chi connectivity index (χ2n) is 4.87. The first-order chi connectivity index (χ1) is 8.72. The molecule has 1 N–H and O–H groups in total. The fourth-order valence-electron chi connectivity index (χ4n) is 1.98. The maximum atomic E-state index is 5.66. The zero-order chi connectivity index (χ0) is 12.5. The molecule has 3 aromatic rings. The molecule has 0 aliphatic carbocycles. The van der Waals surface area contributed by atoms with Crippen LogP contribution in [0.1, 0.15) is 19.7 Å². The van der Waals surface area contributed by atoms with Gasteiger partial charge in [-0.2, -0.15) is 0 Å². The van der Waals surface area contributed by atoms with Crippen LogP contribution in [-0.4, -0.2) is 15.2 Å². The predicted octanol–water partition coefficient (Wildman–Crippen LogP) is 3.42. The van der Waals surface area contributed by atoms with Crippen molar-refractivity contribution in [1.82, 2.24) is 15.2 Å². The van der Waals surface area contributed by atoms with Crippen molar-refractivity contribution in [2.75, 3.05) is 0 Å². The van der Waals surface area contributed by atoms with Crippen molar-refractivity contribution in [1.29, 1.82) is 0 Å². The van der Waals surface area contributed by atoms with E-state index in [4.69, 9.17) is 4.42 Å². The van der Waals surface area contributed by atoms with Crippen molar-refractivity contribution in [2.45, 2.75) is 20.3 Å². The third kappa shape index (κ3) is 2.01. The number of nitrogens with one attached hydrogen (secondary N) is 1. The van der Waals surface area contributed by atoms with E-state index in [0.717, 1.165) is 23.0 Å². The molecule has 0 aliphatic heterocycles. The number of hydrogen-bond donors (Lipinski definition) is 1. The highest BCUT2D eigenvalue weighted by molar-refractivity contribution is 5.84. The van der Waals surface area contributed by atoms with E-state index in [2.05, 4.69) is 35.1 Å². The van der Waals surface area contributed by atoms with Gasteiger partial charge in [0.05, 0.1) is 0 Å². The lowest BCUT2D eigenvalue weighted by Crippen LogP contribution is -1.93. The first kappa shape index (κ1) is 11.0. The number of fused-ring (bicyclic) bond motifs is 1. The van der Waals surface area contributed by atoms with Crippen LogP contribution in [0, 0.1) is 5.92 Å². The minimum Gasteiger partial charge on any atom is -0.419 e. The Bertz CT molecular complexity index is 633. The molecule has 2 aromatic heterocycles. The first-order valence-electron chi connectivity index (χ1n) is 6.13. The molecule has 0 radical (unpaired) electrons. The lowest BCUT2D eigenvalue weighted by molar-refractivity contribution is 0.465. The fourth-order valence-corrected chi connectivity index (χ4v) is 1.98. The number of aromatic nitrogens is 3. The Balaban J connectivity index is 1.96. The van der Waals surface area contributed by atoms with E-state index in [1.165, 1.54) is 0 Å². The molecule has 0 unspecified atom stereocenters. The summed E-state index contributed by atoms with van der Waals surface area (Å²) in [5.41, 5.74) is 1.95. The minimum atomic E-state index is 0.515. The molecule has 92 valence electrons. The van der Waals surface area contributed by atoms with Crippen molar-refractivity contribution in [3.63, 3.8) is 0 Å². The van der Waals surface area contributed by atoms with Crippen molar-refractivity contribution in [3.8, 4) is 11.6 Å². The van der Waals surface area contributed by atoms with Gasteiger partial charge in [-0.15, -0.1) is 10.2 Å². The molecule has 4 nitrogen and oxygen atoms in total. The predicted molar refractivity (Wildman–Crippen MR) is 70.1 cm³/mol. The molecular weight excluding hydrogens is 226 g/mol. The third-order valence-corrected chi connectivity index (χ3v) is 2.81. The van der Waals surface area contributed by atoms with E-state index in [0.29, 0.717) is 17.7 Å². The van der Waals surface area contributed by atoms with Gasteiger partial charge in [0.15, 0.2) is 0 Å². The van der Waals surface area contributed by atoms with Crippen molar-refractivity contribution in [2.24, 2.45) is 5.92 Å². The molecule has 4 heteroatoms. The standard InChI is InChI=1S/C14H15N3O/c1-9(2)7-13-16-17-14(18-13)12-8-10-5-3-4-6-11(10)15-12/h3-6,8-9,15H,7H2,1-2H3. The normalized spacial score (nSPS) is 11.5. The van der Waals surface area contributed by atoms with Crippen molar-refractivity contribution < 1.29 is 4.42 Å². The fraction of sp³-hybridized carbons (Fsp3) is 0.286. The molecule has 0 spiro atoms. The Morgan fingerprint density at radius 3 is 2.83 bits per heavy atom. The van der Waals surface area contributed by atoms with Crippen LogP contribution in [0.2, 0.25) is 0 Å². The molecule has 0 saturated carbocycles. The van der Waals surface area contributed by atoms with E-state index in [9.17, 15) is 0 Å². The molecule has 0 amide bonds. The summed E-state index contributed by atoms with van der Waals surface area (Å²) in [5, 5.41) is 9.30. The Hall–Kier alpha value is -2.10. The molecule has 0 fully saturated rings. The highest BCUT2D eigenvalue weighted by atomic mass is 16.4. The summed E-state index contributed by atoms with van der Waals surface area (Å²) in [6.45, 7) is 4.26. The van der Waals surface area contributed by atoms with Crippen LogP contribution in [0.25, 0.3) is 22.5 Å². The average molecular weight is 241 g/mol. The number of H-pyrrole nitrogens is 1. The lowest BCUT2D eigenvalue weighted by Gasteiger charge is -1.96. The Kier molecular flexibility index (Phi) is 2.63. The van der Waals surface area contributed by atoms with Crippen LogP contribution in [-0.2, 0) is 6.42 Å². The van der Waals surface area contributed by atoms with Gasteiger partial charge < -0.3 is 9.40 Å². The summed E-state index contributed by atoms with van der Waals surface area (Å²) in [6, 6.07) is 10.1. The lowest BCUT2D eigenvalue weighted by atomic mass is 10.1. The van der Waals surface area contributed by atoms with Crippen molar-refractivity contribution >= 4 is 10.9 Å². The number of benzene rings is 1. The van der Waals surface area contributed by atoms with E-state index in [-0.39, 0.29) is 0 Å². The summed E-state index contributed by atoms with van der Waals surface area (Å²) in [5.74, 6) is 1.77. The third-order valence-electron chi connectivity index (χ3n) is 2.81. The van der Waals surface area contributed by atoms with Crippen LogP contribution in [0.15, 0.2) is 34.7 Å². The van der Waals surface area contributed by atoms with Crippen LogP contribution in [0.3, 0.4) is 0 Å². The number of para-hydroxylation sites is 1. The largest absolute Gasteiger partial charge is 0.419 e. The monoisotopic (exact) mass is 241 g/mol. The molecule has 3 rings (SSSR count). The van der Waals surface area contributed by atoms with Crippen LogP contribution in [0.5, 0.6) is 0 Å². The number of rotatable bonds is 3. The van der Waals surface area contributed by atoms with E-state index in [1.807, 2.05) is 24.3 Å². The maximum absolute atomic E-state index is 5.66.